The van der Waals surface area contributed by atoms with E-state index < -0.39 is 11.6 Å². The van der Waals surface area contributed by atoms with Gasteiger partial charge in [0.05, 0.1) is 4.21 Å². The maximum absolute atomic E-state index is 13.8. The van der Waals surface area contributed by atoms with E-state index in [4.69, 9.17) is 5.14 Å². The number of nitrogens with two attached hydrogens (primary N) is 1. The van der Waals surface area contributed by atoms with Crippen molar-refractivity contribution in [2.75, 3.05) is 13.1 Å². The number of aromatic nitrogens is 1. The minimum atomic E-state index is -0.467. The summed E-state index contributed by atoms with van der Waals surface area (Å²) >= 11 is 2.64. The van der Waals surface area contributed by atoms with Gasteiger partial charge in [-0.15, -0.1) is 23.6 Å². The summed E-state index contributed by atoms with van der Waals surface area (Å²) < 4.78 is 28.1. The molecule has 27 heavy (non-hydrogen) atoms. The zero-order valence-corrected chi connectivity index (χ0v) is 19.0. The van der Waals surface area contributed by atoms with Gasteiger partial charge in [0.1, 0.15) is 11.6 Å². The van der Waals surface area contributed by atoms with Gasteiger partial charge in [-0.2, -0.15) is 0 Å². The third-order valence-corrected chi connectivity index (χ3v) is 5.53. The molecule has 0 fully saturated rings. The maximum atomic E-state index is 13.8. The second-order valence-electron chi connectivity index (χ2n) is 5.42. The second kappa shape index (κ2) is 10.5. The van der Waals surface area contributed by atoms with Crippen LogP contribution in [0.3, 0.4) is 0 Å². The molecule has 0 saturated carbocycles. The zero-order valence-electron chi connectivity index (χ0n) is 14.5. The first-order valence-electron chi connectivity index (χ1n) is 7.81. The summed E-state index contributed by atoms with van der Waals surface area (Å²) in [5, 5.41) is 15.1. The van der Waals surface area contributed by atoms with E-state index in [0.29, 0.717) is 23.8 Å². The number of rotatable bonds is 7. The number of hydrogen-bond donors (Lipinski definition) is 1. The average Bonchev–Trinajstić information content (AvgIpc) is 3.01. The molecule has 4 nitrogen and oxygen atoms in total. The molecule has 139 valence electrons. The number of thiazole rings is 1. The summed E-state index contributed by atoms with van der Waals surface area (Å²) in [4.78, 5) is 4.33. The fourth-order valence-corrected chi connectivity index (χ4v) is 3.67. The summed E-state index contributed by atoms with van der Waals surface area (Å²) in [6.45, 7) is 2.93. The van der Waals surface area contributed by atoms with Crippen LogP contribution in [-0.2, 0) is 32.7 Å². The summed E-state index contributed by atoms with van der Waals surface area (Å²) in [6, 6.07) is 10.4. The van der Waals surface area contributed by atoms with Crippen LogP contribution in [0, 0.1) is 18.6 Å². The maximum Gasteiger partial charge on any atom is 0.131 e. The predicted octanol–water partition coefficient (Wildman–Crippen LogP) is 6.07. The van der Waals surface area contributed by atoms with Crippen molar-refractivity contribution in [2.45, 2.75) is 11.1 Å². The van der Waals surface area contributed by atoms with Crippen molar-refractivity contribution >= 4 is 34.1 Å². The average molecular weight is 479 g/mol. The fraction of sp³-hybridized carbons (Fsp3) is 0.167. The molecule has 1 radical (unpaired) electrons. The summed E-state index contributed by atoms with van der Waals surface area (Å²) in [7, 11) is 0. The van der Waals surface area contributed by atoms with Crippen LogP contribution in [0.25, 0.3) is 21.8 Å². The summed E-state index contributed by atoms with van der Waals surface area (Å²) in [5.41, 5.74) is 2.49. The molecule has 0 amide bonds. The molecule has 1 heterocycles. The SMILES string of the molecule is Cc1nc([N-]CC[N-]c2ccc(-c3cc(F)ccc3F)cc2)sc1SN.[Y]. The van der Waals surface area contributed by atoms with Gasteiger partial charge in [0.25, 0.3) is 0 Å². The molecule has 0 aliphatic rings. The Morgan fingerprint density at radius 3 is 2.44 bits per heavy atom. The molecule has 3 rings (SSSR count). The third kappa shape index (κ3) is 5.96. The zero-order chi connectivity index (χ0) is 18.5. The standard InChI is InChI=1S/C18H16F2N4S2.Y/c1-11-17(26-21)25-18(24-11)23-9-8-22-14-5-2-12(3-6-14)15-10-13(19)4-7-16(15)20;/h2-7,10H,8-9,21H2,1H3;/q-2;. The van der Waals surface area contributed by atoms with E-state index in [1.807, 2.05) is 6.92 Å². The second-order valence-corrected chi connectivity index (χ2v) is 7.30. The minimum Gasteiger partial charge on any atom is -0.684 e. The molecular formula is C18H16F2N4S2Y-2. The summed E-state index contributed by atoms with van der Waals surface area (Å²) in [5.74, 6) is -0.922. The van der Waals surface area contributed by atoms with E-state index in [0.717, 1.165) is 27.7 Å². The van der Waals surface area contributed by atoms with E-state index in [-0.39, 0.29) is 38.3 Å². The van der Waals surface area contributed by atoms with Crippen LogP contribution in [-0.4, -0.2) is 18.1 Å². The Labute approximate surface area is 190 Å². The van der Waals surface area contributed by atoms with Crippen LogP contribution in [0.5, 0.6) is 0 Å². The Morgan fingerprint density at radius 1 is 1.07 bits per heavy atom. The van der Waals surface area contributed by atoms with Gasteiger partial charge in [0.2, 0.25) is 0 Å². The minimum absolute atomic E-state index is 0. The molecule has 3 aromatic rings. The Hall–Kier alpha value is -1.06. The smallest absolute Gasteiger partial charge is 0.131 e. The van der Waals surface area contributed by atoms with Crippen LogP contribution >= 0.6 is 23.3 Å². The largest absolute Gasteiger partial charge is 0.684 e. The number of benzene rings is 2. The van der Waals surface area contributed by atoms with Crippen molar-refractivity contribution in [3.05, 3.63) is 70.4 Å². The molecular weight excluding hydrogens is 463 g/mol. The summed E-state index contributed by atoms with van der Waals surface area (Å²) in [6.07, 6.45) is 0. The number of halogens is 2. The first-order chi connectivity index (χ1) is 12.6. The van der Waals surface area contributed by atoms with Crippen molar-refractivity contribution in [3.8, 4) is 11.1 Å². The Kier molecular flexibility index (Phi) is 8.63. The first-order valence-corrected chi connectivity index (χ1v) is 9.51. The van der Waals surface area contributed by atoms with Crippen molar-refractivity contribution in [2.24, 2.45) is 5.14 Å². The Morgan fingerprint density at radius 2 is 1.78 bits per heavy atom. The van der Waals surface area contributed by atoms with Crippen molar-refractivity contribution in [3.63, 3.8) is 0 Å². The van der Waals surface area contributed by atoms with Gasteiger partial charge in [-0.1, -0.05) is 30.8 Å². The molecule has 0 aliphatic carbocycles. The Bertz CT molecular complexity index is 888. The van der Waals surface area contributed by atoms with Gasteiger partial charge in [0, 0.05) is 38.3 Å². The molecule has 0 unspecified atom stereocenters. The molecule has 2 aromatic carbocycles. The molecule has 9 heteroatoms. The van der Waals surface area contributed by atoms with Crippen LogP contribution in [0.4, 0.5) is 19.6 Å². The predicted molar refractivity (Wildman–Crippen MR) is 104 cm³/mol. The number of nitrogens with zero attached hydrogens (tertiary/aromatic N) is 3. The molecule has 0 atom stereocenters. The van der Waals surface area contributed by atoms with Gasteiger partial charge < -0.3 is 15.6 Å². The third-order valence-electron chi connectivity index (χ3n) is 3.60. The van der Waals surface area contributed by atoms with E-state index >= 15 is 0 Å². The molecule has 2 N–H and O–H groups in total. The Balaban J connectivity index is 0.00000261. The van der Waals surface area contributed by atoms with Crippen LogP contribution in [0.15, 0.2) is 46.7 Å². The van der Waals surface area contributed by atoms with Crippen LogP contribution < -0.4 is 5.14 Å². The normalized spacial score (nSPS) is 10.4. The fourth-order valence-electron chi connectivity index (χ4n) is 2.34. The molecule has 1 aromatic heterocycles. The molecule has 0 saturated heterocycles. The van der Waals surface area contributed by atoms with Crippen molar-refractivity contribution in [1.29, 1.82) is 0 Å². The van der Waals surface area contributed by atoms with Gasteiger partial charge in [-0.25, -0.2) is 8.78 Å². The van der Waals surface area contributed by atoms with E-state index in [1.54, 1.807) is 24.3 Å². The molecule has 0 aliphatic heterocycles. The van der Waals surface area contributed by atoms with Gasteiger partial charge >= 0.3 is 0 Å². The van der Waals surface area contributed by atoms with Crippen LogP contribution in [0.1, 0.15) is 5.69 Å². The van der Waals surface area contributed by atoms with Crippen molar-refractivity contribution in [1.82, 2.24) is 4.98 Å². The monoisotopic (exact) mass is 479 g/mol. The van der Waals surface area contributed by atoms with E-state index in [1.165, 1.54) is 29.4 Å². The molecule has 0 bridgehead atoms. The molecule has 0 spiro atoms. The van der Waals surface area contributed by atoms with Gasteiger partial charge in [-0.05, 0) is 53.5 Å². The number of aryl methyl sites for hydroxylation is 1. The quantitative estimate of drug-likeness (QED) is 0.330. The van der Waals surface area contributed by atoms with E-state index in [2.05, 4.69) is 15.6 Å². The van der Waals surface area contributed by atoms with Crippen LogP contribution in [0.2, 0.25) is 0 Å². The number of hydrogen-bond acceptors (Lipinski definition) is 4. The van der Waals surface area contributed by atoms with E-state index in [9.17, 15) is 8.78 Å². The van der Waals surface area contributed by atoms with Gasteiger partial charge in [-0.3, -0.25) is 5.14 Å². The first kappa shape index (κ1) is 22.2. The van der Waals surface area contributed by atoms with Crippen molar-refractivity contribution < 1.29 is 41.5 Å². The topological polar surface area (TPSA) is 67.1 Å². The van der Waals surface area contributed by atoms with Gasteiger partial charge in [0.15, 0.2) is 0 Å².